The van der Waals surface area contributed by atoms with Crippen molar-refractivity contribution in [2.75, 3.05) is 7.11 Å². The number of carbonyl (C=O) groups excluding carboxylic acids is 2. The van der Waals surface area contributed by atoms with E-state index in [-0.39, 0.29) is 24.2 Å². The normalized spacial score (nSPS) is 13.4. The van der Waals surface area contributed by atoms with Gasteiger partial charge in [-0.2, -0.15) is 0 Å². The van der Waals surface area contributed by atoms with E-state index in [4.69, 9.17) is 4.74 Å². The van der Waals surface area contributed by atoms with Crippen molar-refractivity contribution in [3.63, 3.8) is 0 Å². The molecule has 0 unspecified atom stereocenters. The van der Waals surface area contributed by atoms with E-state index in [0.29, 0.717) is 22.4 Å². The van der Waals surface area contributed by atoms with E-state index < -0.39 is 0 Å². The minimum atomic E-state index is -0.357. The Morgan fingerprint density at radius 1 is 0.960 bits per heavy atom. The van der Waals surface area contributed by atoms with Crippen LogP contribution in [-0.4, -0.2) is 23.8 Å². The molecular formula is C20H14FNO3. The molecule has 1 aliphatic heterocycles. The van der Waals surface area contributed by atoms with Crippen molar-refractivity contribution in [3.05, 3.63) is 77.1 Å². The average Bonchev–Trinajstić information content (AvgIpc) is 2.86. The molecular weight excluding hydrogens is 321 g/mol. The maximum absolute atomic E-state index is 13.0. The minimum Gasteiger partial charge on any atom is -0.496 e. The summed E-state index contributed by atoms with van der Waals surface area (Å²) in [6.45, 7) is 0.111. The van der Waals surface area contributed by atoms with Crippen LogP contribution in [0.15, 0.2) is 54.6 Å². The van der Waals surface area contributed by atoms with Gasteiger partial charge in [0.25, 0.3) is 11.8 Å². The topological polar surface area (TPSA) is 46.6 Å². The van der Waals surface area contributed by atoms with Crippen LogP contribution in [0.25, 0.3) is 10.8 Å². The number of amides is 2. The number of halogens is 1. The van der Waals surface area contributed by atoms with Gasteiger partial charge in [-0.3, -0.25) is 14.5 Å². The highest BCUT2D eigenvalue weighted by Gasteiger charge is 2.36. The SMILES string of the molecule is COc1cccc2cc3c(cc12)C(=O)N(Cc1ccc(F)cc1)C3=O. The zero-order valence-corrected chi connectivity index (χ0v) is 13.5. The highest BCUT2D eigenvalue weighted by Crippen LogP contribution is 2.33. The molecule has 0 bridgehead atoms. The third-order valence-corrected chi connectivity index (χ3v) is 4.40. The quantitative estimate of drug-likeness (QED) is 0.684. The molecule has 0 radical (unpaired) electrons. The Morgan fingerprint density at radius 2 is 1.64 bits per heavy atom. The van der Waals surface area contributed by atoms with E-state index in [1.807, 2.05) is 18.2 Å². The Morgan fingerprint density at radius 3 is 2.32 bits per heavy atom. The molecule has 0 atom stereocenters. The average molecular weight is 335 g/mol. The van der Waals surface area contributed by atoms with Crippen LogP contribution in [0.3, 0.4) is 0 Å². The van der Waals surface area contributed by atoms with Crippen molar-refractivity contribution in [2.45, 2.75) is 6.54 Å². The Kier molecular flexibility index (Phi) is 3.50. The first-order valence-electron chi connectivity index (χ1n) is 7.80. The largest absolute Gasteiger partial charge is 0.496 e. The second-order valence-corrected chi connectivity index (χ2v) is 5.90. The van der Waals surface area contributed by atoms with Gasteiger partial charge in [0.2, 0.25) is 0 Å². The summed E-state index contributed by atoms with van der Waals surface area (Å²) >= 11 is 0. The van der Waals surface area contributed by atoms with Crippen LogP contribution in [0.4, 0.5) is 4.39 Å². The Bertz CT molecular complexity index is 1010. The van der Waals surface area contributed by atoms with Gasteiger partial charge < -0.3 is 4.74 Å². The van der Waals surface area contributed by atoms with Gasteiger partial charge in [0, 0.05) is 5.39 Å². The van der Waals surface area contributed by atoms with Crippen LogP contribution in [0.5, 0.6) is 5.75 Å². The molecule has 0 spiro atoms. The van der Waals surface area contributed by atoms with Gasteiger partial charge in [-0.1, -0.05) is 24.3 Å². The Labute approximate surface area is 143 Å². The zero-order valence-electron chi connectivity index (χ0n) is 13.5. The fourth-order valence-corrected chi connectivity index (χ4v) is 3.13. The summed E-state index contributed by atoms with van der Waals surface area (Å²) < 4.78 is 18.4. The first kappa shape index (κ1) is 15.3. The summed E-state index contributed by atoms with van der Waals surface area (Å²) in [5.74, 6) is -0.395. The number of benzene rings is 3. The van der Waals surface area contributed by atoms with E-state index in [2.05, 4.69) is 0 Å². The van der Waals surface area contributed by atoms with Gasteiger partial charge >= 0.3 is 0 Å². The minimum absolute atomic E-state index is 0.111. The number of ether oxygens (including phenoxy) is 1. The second kappa shape index (κ2) is 5.70. The van der Waals surface area contributed by atoms with Crippen molar-refractivity contribution in [3.8, 4) is 5.75 Å². The first-order chi connectivity index (χ1) is 12.1. The van der Waals surface area contributed by atoms with Gasteiger partial charge in [-0.15, -0.1) is 0 Å². The lowest BCUT2D eigenvalue weighted by Crippen LogP contribution is -2.29. The summed E-state index contributed by atoms with van der Waals surface area (Å²) in [7, 11) is 1.57. The lowest BCUT2D eigenvalue weighted by atomic mass is 10.0. The van der Waals surface area contributed by atoms with Crippen LogP contribution >= 0.6 is 0 Å². The lowest BCUT2D eigenvalue weighted by molar-refractivity contribution is 0.0642. The van der Waals surface area contributed by atoms with Crippen LogP contribution in [-0.2, 0) is 6.54 Å². The van der Waals surface area contributed by atoms with Crippen LogP contribution < -0.4 is 4.74 Å². The van der Waals surface area contributed by atoms with Crippen LogP contribution in [0.1, 0.15) is 26.3 Å². The molecule has 124 valence electrons. The van der Waals surface area contributed by atoms with Crippen LogP contribution in [0.2, 0.25) is 0 Å². The number of rotatable bonds is 3. The van der Waals surface area contributed by atoms with E-state index in [9.17, 15) is 14.0 Å². The van der Waals surface area contributed by atoms with Crippen molar-refractivity contribution in [2.24, 2.45) is 0 Å². The van der Waals surface area contributed by atoms with E-state index in [1.54, 1.807) is 31.4 Å². The number of imide groups is 1. The molecule has 0 saturated heterocycles. The van der Waals surface area contributed by atoms with Gasteiger partial charge in [0.15, 0.2) is 0 Å². The van der Waals surface area contributed by atoms with Crippen molar-refractivity contribution in [1.29, 1.82) is 0 Å². The maximum Gasteiger partial charge on any atom is 0.261 e. The Hall–Kier alpha value is -3.21. The number of hydrogen-bond donors (Lipinski definition) is 0. The molecule has 5 heteroatoms. The number of nitrogens with zero attached hydrogens (tertiary/aromatic N) is 1. The fraction of sp³-hybridized carbons (Fsp3) is 0.100. The smallest absolute Gasteiger partial charge is 0.261 e. The molecule has 4 nitrogen and oxygen atoms in total. The first-order valence-corrected chi connectivity index (χ1v) is 7.80. The molecule has 0 fully saturated rings. The van der Waals surface area contributed by atoms with Gasteiger partial charge in [0.1, 0.15) is 11.6 Å². The van der Waals surface area contributed by atoms with Crippen molar-refractivity contribution in [1.82, 2.24) is 4.90 Å². The third-order valence-electron chi connectivity index (χ3n) is 4.40. The molecule has 4 rings (SSSR count). The molecule has 1 heterocycles. The van der Waals surface area contributed by atoms with Crippen molar-refractivity contribution >= 4 is 22.6 Å². The molecule has 0 N–H and O–H groups in total. The lowest BCUT2D eigenvalue weighted by Gasteiger charge is -2.13. The molecule has 1 aliphatic rings. The van der Waals surface area contributed by atoms with Crippen molar-refractivity contribution < 1.29 is 18.7 Å². The summed E-state index contributed by atoms with van der Waals surface area (Å²) in [6, 6.07) is 14.7. The third kappa shape index (κ3) is 2.45. The predicted molar refractivity (Wildman–Crippen MR) is 91.1 cm³/mol. The Balaban J connectivity index is 1.76. The molecule has 0 saturated carbocycles. The second-order valence-electron chi connectivity index (χ2n) is 5.90. The fourth-order valence-electron chi connectivity index (χ4n) is 3.13. The van der Waals surface area contributed by atoms with E-state index in [0.717, 1.165) is 10.8 Å². The summed E-state index contributed by atoms with van der Waals surface area (Å²) in [5.41, 5.74) is 1.44. The molecule has 0 aromatic heterocycles. The molecule has 3 aromatic rings. The summed E-state index contributed by atoms with van der Waals surface area (Å²) in [6.07, 6.45) is 0. The highest BCUT2D eigenvalue weighted by molar-refractivity contribution is 6.23. The monoisotopic (exact) mass is 335 g/mol. The van der Waals surface area contributed by atoms with Gasteiger partial charge in [0.05, 0.1) is 24.8 Å². The van der Waals surface area contributed by atoms with E-state index in [1.165, 1.54) is 17.0 Å². The molecule has 3 aromatic carbocycles. The summed E-state index contributed by atoms with van der Waals surface area (Å²) in [5, 5.41) is 1.62. The van der Waals surface area contributed by atoms with Gasteiger partial charge in [-0.25, -0.2) is 4.39 Å². The predicted octanol–water partition coefficient (Wildman–Crippen LogP) is 3.78. The number of fused-ring (bicyclic) bond motifs is 2. The van der Waals surface area contributed by atoms with Crippen LogP contribution in [0, 0.1) is 5.82 Å². The number of carbonyl (C=O) groups is 2. The zero-order chi connectivity index (χ0) is 17.6. The van der Waals surface area contributed by atoms with E-state index >= 15 is 0 Å². The number of hydrogen-bond acceptors (Lipinski definition) is 3. The maximum atomic E-state index is 13.0. The summed E-state index contributed by atoms with van der Waals surface area (Å²) in [4.78, 5) is 26.6. The molecule has 2 amide bonds. The standard InChI is InChI=1S/C20H14FNO3/c1-25-18-4-2-3-13-9-16-17(10-15(13)18)20(24)22(19(16)23)11-12-5-7-14(21)8-6-12/h2-10H,11H2,1H3. The molecule has 25 heavy (non-hydrogen) atoms. The molecule has 0 aliphatic carbocycles. The number of methoxy groups -OCH3 is 1. The highest BCUT2D eigenvalue weighted by atomic mass is 19.1. The van der Waals surface area contributed by atoms with Gasteiger partial charge in [-0.05, 0) is 41.3 Å².